The first-order chi connectivity index (χ1) is 28.0. The van der Waals surface area contributed by atoms with E-state index in [1.165, 1.54) is 32.1 Å². The van der Waals surface area contributed by atoms with Crippen molar-refractivity contribution in [2.75, 3.05) is 13.2 Å². The number of unbranched alkanes of at least 4 members (excludes halogenated alkanes) is 11. The summed E-state index contributed by atoms with van der Waals surface area (Å²) in [5.74, 6) is -1.09. The summed E-state index contributed by atoms with van der Waals surface area (Å²) in [6.45, 7) is 6.18. The number of rotatable bonds is 37. The lowest BCUT2D eigenvalue weighted by Crippen LogP contribution is -2.30. The van der Waals surface area contributed by atoms with Gasteiger partial charge in [-0.25, -0.2) is 0 Å². The lowest BCUT2D eigenvalue weighted by Gasteiger charge is -2.18. The maximum absolute atomic E-state index is 12.7. The number of carbonyl (C=O) groups excluding carboxylic acids is 3. The third-order valence-corrected chi connectivity index (χ3v) is 8.59. The van der Waals surface area contributed by atoms with Crippen molar-refractivity contribution in [2.24, 2.45) is 0 Å². The van der Waals surface area contributed by atoms with Gasteiger partial charge in [0, 0.05) is 19.3 Å². The van der Waals surface area contributed by atoms with Gasteiger partial charge in [-0.05, 0) is 83.5 Å². The van der Waals surface area contributed by atoms with Gasteiger partial charge in [0.05, 0.1) is 0 Å². The number of carbonyl (C=O) groups is 3. The van der Waals surface area contributed by atoms with Crippen LogP contribution in [-0.2, 0) is 28.6 Å². The molecule has 0 amide bonds. The molecule has 0 aromatic rings. The van der Waals surface area contributed by atoms with Crippen molar-refractivity contribution in [3.63, 3.8) is 0 Å². The van der Waals surface area contributed by atoms with E-state index in [2.05, 4.69) is 87.6 Å². The molecule has 0 saturated carbocycles. The van der Waals surface area contributed by atoms with Crippen LogP contribution >= 0.6 is 0 Å². The van der Waals surface area contributed by atoms with Gasteiger partial charge in [0.25, 0.3) is 0 Å². The molecule has 1 atom stereocenters. The zero-order valence-electron chi connectivity index (χ0n) is 36.0. The van der Waals surface area contributed by atoms with E-state index < -0.39 is 12.1 Å². The Balaban J connectivity index is 4.60. The van der Waals surface area contributed by atoms with Crippen LogP contribution < -0.4 is 0 Å². The first-order valence-corrected chi connectivity index (χ1v) is 22.1. The molecular formula is C51H78O6. The van der Waals surface area contributed by atoms with Crippen molar-refractivity contribution in [1.82, 2.24) is 0 Å². The van der Waals surface area contributed by atoms with Gasteiger partial charge in [-0.1, -0.05) is 181 Å². The lowest BCUT2D eigenvalue weighted by molar-refractivity contribution is -0.167. The third kappa shape index (κ3) is 42.8. The van der Waals surface area contributed by atoms with Crippen LogP contribution in [0.2, 0.25) is 0 Å². The molecule has 0 fully saturated rings. The fourth-order valence-corrected chi connectivity index (χ4v) is 5.31. The third-order valence-electron chi connectivity index (χ3n) is 8.59. The number of hydrogen-bond donors (Lipinski definition) is 0. The van der Waals surface area contributed by atoms with Crippen LogP contribution in [0, 0.1) is 0 Å². The van der Waals surface area contributed by atoms with Gasteiger partial charge in [-0.3, -0.25) is 14.4 Å². The van der Waals surface area contributed by atoms with Gasteiger partial charge in [0.2, 0.25) is 0 Å². The monoisotopic (exact) mass is 787 g/mol. The van der Waals surface area contributed by atoms with Crippen LogP contribution in [0.1, 0.15) is 162 Å². The molecule has 0 aromatic carbocycles. The van der Waals surface area contributed by atoms with Gasteiger partial charge in [0.15, 0.2) is 6.10 Å². The van der Waals surface area contributed by atoms with Crippen LogP contribution in [0.15, 0.2) is 122 Å². The zero-order valence-corrected chi connectivity index (χ0v) is 36.0. The molecule has 0 aromatic heterocycles. The van der Waals surface area contributed by atoms with Gasteiger partial charge >= 0.3 is 17.9 Å². The van der Waals surface area contributed by atoms with E-state index in [1.54, 1.807) is 0 Å². The predicted molar refractivity (Wildman–Crippen MR) is 242 cm³/mol. The van der Waals surface area contributed by atoms with Crippen molar-refractivity contribution < 1.29 is 28.6 Å². The summed E-state index contributed by atoms with van der Waals surface area (Å²) < 4.78 is 16.6. The maximum atomic E-state index is 12.7. The van der Waals surface area contributed by atoms with E-state index in [9.17, 15) is 14.4 Å². The molecule has 0 rings (SSSR count). The number of allylic oxidation sites excluding steroid dienone is 20. The Morgan fingerprint density at radius 2 is 0.789 bits per heavy atom. The first kappa shape index (κ1) is 52.8. The Hall–Kier alpha value is -4.19. The molecule has 6 heteroatoms. The van der Waals surface area contributed by atoms with Gasteiger partial charge in [0.1, 0.15) is 13.2 Å². The molecular weight excluding hydrogens is 709 g/mol. The molecule has 0 N–H and O–H groups in total. The molecule has 0 radical (unpaired) electrons. The molecule has 57 heavy (non-hydrogen) atoms. The molecule has 0 aliphatic rings. The summed E-state index contributed by atoms with van der Waals surface area (Å²) in [5.41, 5.74) is 0. The Labute approximate surface area is 348 Å². The summed E-state index contributed by atoms with van der Waals surface area (Å²) >= 11 is 0. The highest BCUT2D eigenvalue weighted by molar-refractivity contribution is 5.71. The van der Waals surface area contributed by atoms with Crippen LogP contribution in [-0.4, -0.2) is 37.2 Å². The van der Waals surface area contributed by atoms with Crippen molar-refractivity contribution in [2.45, 2.75) is 168 Å². The average molecular weight is 787 g/mol. The highest BCUT2D eigenvalue weighted by Gasteiger charge is 2.19. The van der Waals surface area contributed by atoms with Crippen molar-refractivity contribution in [1.29, 1.82) is 0 Å². The molecule has 0 saturated heterocycles. The number of hydrogen-bond acceptors (Lipinski definition) is 6. The summed E-state index contributed by atoms with van der Waals surface area (Å²) in [6.07, 6.45) is 60.5. The molecule has 318 valence electrons. The molecule has 0 aliphatic heterocycles. The van der Waals surface area contributed by atoms with Crippen molar-refractivity contribution in [3.05, 3.63) is 122 Å². The second kappa shape index (κ2) is 44.5. The number of esters is 3. The van der Waals surface area contributed by atoms with E-state index >= 15 is 0 Å². The quantitative estimate of drug-likeness (QED) is 0.0205. The summed E-state index contributed by atoms with van der Waals surface area (Å²) in [5, 5.41) is 0. The number of ether oxygens (including phenoxy) is 3. The smallest absolute Gasteiger partial charge is 0.306 e. The van der Waals surface area contributed by atoms with Crippen LogP contribution in [0.5, 0.6) is 0 Å². The highest BCUT2D eigenvalue weighted by atomic mass is 16.6. The van der Waals surface area contributed by atoms with Crippen LogP contribution in [0.25, 0.3) is 0 Å². The zero-order chi connectivity index (χ0) is 41.5. The Bertz CT molecular complexity index is 1270. The standard InChI is InChI=1S/C51H78O6/c1-4-7-10-13-16-19-22-24-25-27-29-32-35-38-41-44-50(53)56-47-48(46-55-49(52)43-40-37-34-31-28-21-18-15-12-9-6-3)57-51(54)45-42-39-36-33-30-26-23-20-17-14-11-8-5-2/h8-9,11-12,14,16-24,26,30-31,33-34,36,48H,4-7,10,13,15,25,27-29,32,35,37-47H2,1-3H3/b11-8-,12-9-,17-14-,19-16-,21-18-,23-20-,24-22-,30-26-,34-31-,36-33-. The summed E-state index contributed by atoms with van der Waals surface area (Å²) in [4.78, 5) is 37.7. The van der Waals surface area contributed by atoms with Gasteiger partial charge in [-0.2, -0.15) is 0 Å². The Morgan fingerprint density at radius 3 is 1.37 bits per heavy atom. The fraction of sp³-hybridized carbons (Fsp3) is 0.549. The largest absolute Gasteiger partial charge is 0.462 e. The van der Waals surface area contributed by atoms with E-state index in [0.717, 1.165) is 70.6 Å². The van der Waals surface area contributed by atoms with Gasteiger partial charge in [-0.15, -0.1) is 0 Å². The minimum atomic E-state index is -0.841. The van der Waals surface area contributed by atoms with E-state index in [-0.39, 0.29) is 38.0 Å². The molecule has 0 heterocycles. The SMILES string of the molecule is CC\C=C/C=C\C=C/C=C\C=C/CCCC(=O)OC(COC(=O)CCC/C=C\C/C=C\C/C=C\CC)COC(=O)CCCCCCCC/C=C\C=C/CCCCC. The molecule has 6 nitrogen and oxygen atoms in total. The van der Waals surface area contributed by atoms with Crippen molar-refractivity contribution >= 4 is 17.9 Å². The first-order valence-electron chi connectivity index (χ1n) is 22.1. The predicted octanol–water partition coefficient (Wildman–Crippen LogP) is 14.2. The Kier molecular flexibility index (Phi) is 41.3. The fourth-order valence-electron chi connectivity index (χ4n) is 5.31. The van der Waals surface area contributed by atoms with Crippen molar-refractivity contribution in [3.8, 4) is 0 Å². The maximum Gasteiger partial charge on any atom is 0.306 e. The average Bonchev–Trinajstić information content (AvgIpc) is 3.21. The normalized spacial score (nSPS) is 13.2. The van der Waals surface area contributed by atoms with Crippen LogP contribution in [0.4, 0.5) is 0 Å². The molecule has 0 bridgehead atoms. The Morgan fingerprint density at radius 1 is 0.386 bits per heavy atom. The molecule has 0 spiro atoms. The molecule has 0 aliphatic carbocycles. The lowest BCUT2D eigenvalue weighted by atomic mass is 10.1. The second-order valence-corrected chi connectivity index (χ2v) is 14.0. The van der Waals surface area contributed by atoms with E-state index in [1.807, 2.05) is 54.7 Å². The van der Waals surface area contributed by atoms with E-state index in [0.29, 0.717) is 25.7 Å². The highest BCUT2D eigenvalue weighted by Crippen LogP contribution is 2.11. The summed E-state index contributed by atoms with van der Waals surface area (Å²) in [6, 6.07) is 0. The topological polar surface area (TPSA) is 78.9 Å². The van der Waals surface area contributed by atoms with Gasteiger partial charge < -0.3 is 14.2 Å². The summed E-state index contributed by atoms with van der Waals surface area (Å²) in [7, 11) is 0. The minimum absolute atomic E-state index is 0.133. The van der Waals surface area contributed by atoms with Crippen LogP contribution in [0.3, 0.4) is 0 Å². The van der Waals surface area contributed by atoms with E-state index in [4.69, 9.17) is 14.2 Å². The second-order valence-electron chi connectivity index (χ2n) is 14.0. The minimum Gasteiger partial charge on any atom is -0.462 e. The molecule has 1 unspecified atom stereocenters.